The van der Waals surface area contributed by atoms with E-state index in [2.05, 4.69) is 25.5 Å². The summed E-state index contributed by atoms with van der Waals surface area (Å²) in [6, 6.07) is 3.57. The van der Waals surface area contributed by atoms with Crippen LogP contribution in [0.1, 0.15) is 42.0 Å². The van der Waals surface area contributed by atoms with Crippen molar-refractivity contribution < 1.29 is 14.6 Å². The Bertz CT molecular complexity index is 631. The Morgan fingerprint density at radius 3 is 2.52 bits per heavy atom. The summed E-state index contributed by atoms with van der Waals surface area (Å²) >= 11 is 4.65. The highest BCUT2D eigenvalue weighted by Crippen LogP contribution is 2.42. The largest absolute Gasteiger partial charge is 0.495 e. The van der Waals surface area contributed by atoms with E-state index >= 15 is 0 Å². The van der Waals surface area contributed by atoms with Gasteiger partial charge < -0.3 is 14.6 Å². The van der Waals surface area contributed by atoms with Crippen molar-refractivity contribution in [1.82, 2.24) is 9.59 Å². The van der Waals surface area contributed by atoms with Gasteiger partial charge in [0.2, 0.25) is 0 Å². The molecule has 1 N–H and O–H groups in total. The highest BCUT2D eigenvalue weighted by molar-refractivity contribution is 9.10. The van der Waals surface area contributed by atoms with Crippen molar-refractivity contribution in [3.63, 3.8) is 0 Å². The molecule has 1 atom stereocenters. The van der Waals surface area contributed by atoms with E-state index in [1.54, 1.807) is 26.4 Å². The van der Waals surface area contributed by atoms with Crippen LogP contribution in [-0.2, 0) is 0 Å². The van der Waals surface area contributed by atoms with Crippen molar-refractivity contribution in [3.8, 4) is 11.5 Å². The van der Waals surface area contributed by atoms with Crippen LogP contribution >= 0.6 is 27.5 Å². The van der Waals surface area contributed by atoms with Gasteiger partial charge in [-0.2, -0.15) is 0 Å². The molecule has 1 aromatic carbocycles. The lowest BCUT2D eigenvalue weighted by Gasteiger charge is -2.17. The lowest BCUT2D eigenvalue weighted by atomic mass is 10.0. The summed E-state index contributed by atoms with van der Waals surface area (Å²) in [6.07, 6.45) is -0.834. The molecule has 0 fully saturated rings. The monoisotopic (exact) mass is 372 g/mol. The van der Waals surface area contributed by atoms with Crippen molar-refractivity contribution in [2.24, 2.45) is 0 Å². The lowest BCUT2D eigenvalue weighted by Crippen LogP contribution is -2.05. The standard InChI is InChI=1S/C14H17BrN2O3S/c1-7(2)11-14(21-17-16-11)12(18)8-5-6-9(19-3)10(15)13(8)20-4/h5-7,12,18H,1-4H3. The first kappa shape index (κ1) is 16.2. The van der Waals surface area contributed by atoms with Gasteiger partial charge in [0.25, 0.3) is 0 Å². The van der Waals surface area contributed by atoms with Gasteiger partial charge in [0.1, 0.15) is 22.1 Å². The zero-order chi connectivity index (χ0) is 15.6. The molecule has 114 valence electrons. The highest BCUT2D eigenvalue weighted by Gasteiger charge is 2.25. The van der Waals surface area contributed by atoms with Crippen molar-refractivity contribution >= 4 is 27.5 Å². The van der Waals surface area contributed by atoms with Gasteiger partial charge in [0.05, 0.1) is 24.8 Å². The molecule has 0 aliphatic carbocycles. The number of ether oxygens (including phenoxy) is 2. The summed E-state index contributed by atoms with van der Waals surface area (Å²) in [4.78, 5) is 0.736. The number of rotatable bonds is 5. The molecule has 1 unspecified atom stereocenters. The van der Waals surface area contributed by atoms with Crippen LogP contribution in [-0.4, -0.2) is 28.9 Å². The van der Waals surface area contributed by atoms with Gasteiger partial charge in [-0.15, -0.1) is 5.10 Å². The summed E-state index contributed by atoms with van der Waals surface area (Å²) in [7, 11) is 3.14. The molecular weight excluding hydrogens is 356 g/mol. The smallest absolute Gasteiger partial charge is 0.142 e. The molecule has 7 heteroatoms. The van der Waals surface area contributed by atoms with Crippen molar-refractivity contribution in [3.05, 3.63) is 32.7 Å². The second-order valence-electron chi connectivity index (χ2n) is 4.78. The Morgan fingerprint density at radius 2 is 1.95 bits per heavy atom. The van der Waals surface area contributed by atoms with E-state index in [0.717, 1.165) is 10.6 Å². The zero-order valence-corrected chi connectivity index (χ0v) is 14.7. The topological polar surface area (TPSA) is 64.5 Å². The van der Waals surface area contributed by atoms with E-state index in [1.165, 1.54) is 11.5 Å². The van der Waals surface area contributed by atoms with E-state index in [9.17, 15) is 5.11 Å². The van der Waals surface area contributed by atoms with Crippen LogP contribution in [0, 0.1) is 0 Å². The Balaban J connectivity index is 2.50. The van der Waals surface area contributed by atoms with Crippen molar-refractivity contribution in [2.45, 2.75) is 25.9 Å². The fourth-order valence-electron chi connectivity index (χ4n) is 2.07. The van der Waals surface area contributed by atoms with Crippen molar-refractivity contribution in [2.75, 3.05) is 14.2 Å². The van der Waals surface area contributed by atoms with Crippen LogP contribution in [0.25, 0.3) is 0 Å². The van der Waals surface area contributed by atoms with Crippen LogP contribution in [0.4, 0.5) is 0 Å². The maximum Gasteiger partial charge on any atom is 0.142 e. The summed E-state index contributed by atoms with van der Waals surface area (Å²) < 4.78 is 15.3. The number of halogens is 1. The Kier molecular flexibility index (Phi) is 5.18. The van der Waals surface area contributed by atoms with E-state index in [1.807, 2.05) is 13.8 Å². The average molecular weight is 373 g/mol. The fraction of sp³-hybridized carbons (Fsp3) is 0.429. The molecule has 1 aromatic heterocycles. The quantitative estimate of drug-likeness (QED) is 0.869. The molecule has 21 heavy (non-hydrogen) atoms. The van der Waals surface area contributed by atoms with Gasteiger partial charge in [-0.3, -0.25) is 0 Å². The second kappa shape index (κ2) is 6.72. The van der Waals surface area contributed by atoms with E-state index in [4.69, 9.17) is 9.47 Å². The highest BCUT2D eigenvalue weighted by atomic mass is 79.9. The third-order valence-corrected chi connectivity index (χ3v) is 4.69. The van der Waals surface area contributed by atoms with Gasteiger partial charge >= 0.3 is 0 Å². The molecule has 0 aliphatic rings. The summed E-state index contributed by atoms with van der Waals surface area (Å²) in [6.45, 7) is 4.04. The normalized spacial score (nSPS) is 12.5. The maximum atomic E-state index is 10.7. The number of nitrogens with zero attached hydrogens (tertiary/aromatic N) is 2. The molecule has 0 saturated carbocycles. The van der Waals surface area contributed by atoms with Crippen LogP contribution in [0.2, 0.25) is 0 Å². The molecule has 1 heterocycles. The van der Waals surface area contributed by atoms with Gasteiger partial charge in [-0.25, -0.2) is 0 Å². The van der Waals surface area contributed by atoms with E-state index in [0.29, 0.717) is 21.5 Å². The predicted molar refractivity (Wildman–Crippen MR) is 85.3 cm³/mol. The first-order valence-corrected chi connectivity index (χ1v) is 7.98. The van der Waals surface area contributed by atoms with Crippen LogP contribution in [0.15, 0.2) is 16.6 Å². The number of hydrogen-bond acceptors (Lipinski definition) is 6. The summed E-state index contributed by atoms with van der Waals surface area (Å²) in [5.41, 5.74) is 1.46. The van der Waals surface area contributed by atoms with E-state index in [-0.39, 0.29) is 5.92 Å². The Labute approximate surface area is 136 Å². The van der Waals surface area contributed by atoms with Gasteiger partial charge in [0, 0.05) is 5.56 Å². The number of benzene rings is 1. The summed E-state index contributed by atoms with van der Waals surface area (Å²) in [5.74, 6) is 1.39. The molecule has 5 nitrogen and oxygen atoms in total. The number of aliphatic hydroxyl groups is 1. The van der Waals surface area contributed by atoms with Gasteiger partial charge in [-0.05, 0) is 45.5 Å². The minimum absolute atomic E-state index is 0.195. The third kappa shape index (κ3) is 3.04. The van der Waals surface area contributed by atoms with Crippen LogP contribution in [0.3, 0.4) is 0 Å². The van der Waals surface area contributed by atoms with Crippen molar-refractivity contribution in [1.29, 1.82) is 0 Å². The predicted octanol–water partition coefficient (Wildman–Crippen LogP) is 3.52. The minimum atomic E-state index is -0.834. The first-order chi connectivity index (χ1) is 10.0. The molecule has 0 radical (unpaired) electrons. The molecule has 0 spiro atoms. The molecule has 0 amide bonds. The SMILES string of the molecule is COc1ccc(C(O)c2snnc2C(C)C)c(OC)c1Br. The van der Waals surface area contributed by atoms with E-state index < -0.39 is 6.10 Å². The molecule has 0 aliphatic heterocycles. The molecule has 2 aromatic rings. The molecule has 0 bridgehead atoms. The number of aromatic nitrogens is 2. The molecular formula is C14H17BrN2O3S. The Hall–Kier alpha value is -1.18. The number of aliphatic hydroxyl groups excluding tert-OH is 1. The fourth-order valence-corrected chi connectivity index (χ4v) is 3.57. The van der Waals surface area contributed by atoms with Crippen LogP contribution < -0.4 is 9.47 Å². The Morgan fingerprint density at radius 1 is 1.24 bits per heavy atom. The molecule has 2 rings (SSSR count). The zero-order valence-electron chi connectivity index (χ0n) is 12.3. The second-order valence-corrected chi connectivity index (χ2v) is 6.36. The lowest BCUT2D eigenvalue weighted by molar-refractivity contribution is 0.216. The van der Waals surface area contributed by atoms with Crippen LogP contribution in [0.5, 0.6) is 11.5 Å². The maximum absolute atomic E-state index is 10.7. The summed E-state index contributed by atoms with van der Waals surface area (Å²) in [5, 5.41) is 14.8. The van der Waals surface area contributed by atoms with Gasteiger partial charge in [-0.1, -0.05) is 18.3 Å². The molecule has 0 saturated heterocycles. The number of hydrogen-bond donors (Lipinski definition) is 1. The first-order valence-electron chi connectivity index (χ1n) is 6.41. The van der Waals surface area contributed by atoms with Gasteiger partial charge in [0.15, 0.2) is 0 Å². The minimum Gasteiger partial charge on any atom is -0.495 e. The average Bonchev–Trinajstić information content (AvgIpc) is 2.95. The third-order valence-electron chi connectivity index (χ3n) is 3.15. The number of methoxy groups -OCH3 is 2.